The van der Waals surface area contributed by atoms with E-state index in [1.54, 1.807) is 0 Å². The molecule has 0 radical (unpaired) electrons. The molecule has 1 saturated heterocycles. The second-order valence-corrected chi connectivity index (χ2v) is 6.57. The zero-order valence-electron chi connectivity index (χ0n) is 12.3. The first-order valence-corrected chi connectivity index (χ1v) is 7.80. The summed E-state index contributed by atoms with van der Waals surface area (Å²) in [7, 11) is 2.10. The molecule has 2 N–H and O–H groups in total. The third-order valence-corrected chi connectivity index (χ3v) is 5.05. The summed E-state index contributed by atoms with van der Waals surface area (Å²) in [6.45, 7) is 2.48. The van der Waals surface area contributed by atoms with Crippen molar-refractivity contribution in [3.05, 3.63) is 35.9 Å². The molecule has 0 spiro atoms. The van der Waals surface area contributed by atoms with Crippen LogP contribution in [0.3, 0.4) is 0 Å². The molecule has 3 rings (SSSR count). The van der Waals surface area contributed by atoms with Gasteiger partial charge < -0.3 is 15.5 Å². The number of amides is 1. The fraction of sp³-hybridized carbons (Fsp3) is 0.500. The lowest BCUT2D eigenvalue weighted by atomic mass is 9.98. The van der Waals surface area contributed by atoms with Crippen molar-refractivity contribution < 1.29 is 4.79 Å². The van der Waals surface area contributed by atoms with Crippen LogP contribution >= 0.6 is 12.2 Å². The van der Waals surface area contributed by atoms with E-state index >= 15 is 0 Å². The minimum atomic E-state index is -0.557. The molecule has 112 valence electrons. The van der Waals surface area contributed by atoms with Gasteiger partial charge in [0.05, 0.1) is 16.4 Å². The van der Waals surface area contributed by atoms with Gasteiger partial charge in [0, 0.05) is 19.6 Å². The number of carbonyl (C=O) groups is 1. The fourth-order valence-corrected chi connectivity index (χ4v) is 3.38. The van der Waals surface area contributed by atoms with E-state index in [0.29, 0.717) is 4.99 Å². The molecule has 21 heavy (non-hydrogen) atoms. The SMILES string of the molecule is CN1CCN(C(=O)C2(C(N)=S)CC2)C(c2ccccc2)C1. The minimum absolute atomic E-state index is 0.0873. The first-order chi connectivity index (χ1) is 10.0. The standard InChI is InChI=1S/C16H21N3OS/c1-18-9-10-19(15(20)16(7-8-16)14(17)21)13(11-18)12-5-3-2-4-6-12/h2-6,13H,7-11H2,1H3,(H2,17,21). The summed E-state index contributed by atoms with van der Waals surface area (Å²) in [5.74, 6) is 0.122. The number of carbonyl (C=O) groups excluding carboxylic acids is 1. The summed E-state index contributed by atoms with van der Waals surface area (Å²) in [5.41, 5.74) is 6.44. The van der Waals surface area contributed by atoms with Crippen LogP contribution in [0.4, 0.5) is 0 Å². The molecule has 1 aliphatic heterocycles. The van der Waals surface area contributed by atoms with Crippen molar-refractivity contribution in [2.75, 3.05) is 26.7 Å². The Hall–Kier alpha value is -1.46. The highest BCUT2D eigenvalue weighted by Crippen LogP contribution is 2.49. The molecular formula is C16H21N3OS. The number of hydrogen-bond acceptors (Lipinski definition) is 3. The Bertz CT molecular complexity index is 556. The maximum Gasteiger partial charge on any atom is 0.236 e. The van der Waals surface area contributed by atoms with E-state index in [0.717, 1.165) is 32.5 Å². The Morgan fingerprint density at radius 3 is 2.52 bits per heavy atom. The number of rotatable bonds is 3. The quantitative estimate of drug-likeness (QED) is 0.861. The Morgan fingerprint density at radius 2 is 1.95 bits per heavy atom. The Labute approximate surface area is 130 Å². The molecule has 2 fully saturated rings. The molecule has 1 aromatic rings. The number of hydrogen-bond donors (Lipinski definition) is 1. The molecule has 1 unspecified atom stereocenters. The number of benzene rings is 1. The molecule has 2 aliphatic rings. The third kappa shape index (κ3) is 2.56. The molecule has 0 aromatic heterocycles. The first-order valence-electron chi connectivity index (χ1n) is 7.39. The summed E-state index contributed by atoms with van der Waals surface area (Å²) >= 11 is 5.14. The van der Waals surface area contributed by atoms with Crippen LogP contribution < -0.4 is 5.73 Å². The van der Waals surface area contributed by atoms with Crippen LogP contribution in [0.5, 0.6) is 0 Å². The van der Waals surface area contributed by atoms with Crippen molar-refractivity contribution in [1.29, 1.82) is 0 Å². The van der Waals surface area contributed by atoms with Crippen molar-refractivity contribution in [3.8, 4) is 0 Å². The molecule has 1 aliphatic carbocycles. The van der Waals surface area contributed by atoms with Crippen LogP contribution in [0.25, 0.3) is 0 Å². The molecule has 5 heteroatoms. The first kappa shape index (κ1) is 14.5. The van der Waals surface area contributed by atoms with Crippen LogP contribution in [0.2, 0.25) is 0 Å². The fourth-order valence-electron chi connectivity index (χ4n) is 3.09. The van der Waals surface area contributed by atoms with Gasteiger partial charge in [0.25, 0.3) is 0 Å². The summed E-state index contributed by atoms with van der Waals surface area (Å²) < 4.78 is 0. The van der Waals surface area contributed by atoms with Gasteiger partial charge in [-0.05, 0) is 25.5 Å². The average Bonchev–Trinajstić information content (AvgIpc) is 3.29. The van der Waals surface area contributed by atoms with E-state index in [1.165, 1.54) is 5.56 Å². The Kier molecular flexibility index (Phi) is 3.71. The molecule has 1 atom stereocenters. The lowest BCUT2D eigenvalue weighted by Gasteiger charge is -2.41. The van der Waals surface area contributed by atoms with Crippen molar-refractivity contribution in [3.63, 3.8) is 0 Å². The van der Waals surface area contributed by atoms with Gasteiger partial charge >= 0.3 is 0 Å². The van der Waals surface area contributed by atoms with Gasteiger partial charge in [0.1, 0.15) is 0 Å². The van der Waals surface area contributed by atoms with Crippen LogP contribution in [-0.4, -0.2) is 47.4 Å². The zero-order valence-corrected chi connectivity index (χ0v) is 13.1. The number of likely N-dealkylation sites (N-methyl/N-ethyl adjacent to an activating group) is 1. The van der Waals surface area contributed by atoms with E-state index in [1.807, 2.05) is 23.1 Å². The lowest BCUT2D eigenvalue weighted by Crippen LogP contribution is -2.53. The van der Waals surface area contributed by atoms with Crippen molar-refractivity contribution in [2.45, 2.75) is 18.9 Å². The molecule has 0 bridgehead atoms. The maximum atomic E-state index is 13.0. The van der Waals surface area contributed by atoms with Crippen molar-refractivity contribution in [1.82, 2.24) is 9.80 Å². The second kappa shape index (κ2) is 5.39. The van der Waals surface area contributed by atoms with Gasteiger partial charge in [-0.15, -0.1) is 0 Å². The van der Waals surface area contributed by atoms with Crippen LogP contribution in [-0.2, 0) is 4.79 Å². The second-order valence-electron chi connectivity index (χ2n) is 6.13. The lowest BCUT2D eigenvalue weighted by molar-refractivity contribution is -0.139. The van der Waals surface area contributed by atoms with Crippen LogP contribution in [0.1, 0.15) is 24.4 Å². The summed E-state index contributed by atoms with van der Waals surface area (Å²) in [5, 5.41) is 0. The zero-order chi connectivity index (χ0) is 15.0. The van der Waals surface area contributed by atoms with Crippen molar-refractivity contribution in [2.24, 2.45) is 11.1 Å². The van der Waals surface area contributed by atoms with Crippen LogP contribution in [0.15, 0.2) is 30.3 Å². The van der Waals surface area contributed by atoms with E-state index in [9.17, 15) is 4.79 Å². The number of nitrogens with two attached hydrogens (primary N) is 1. The van der Waals surface area contributed by atoms with E-state index in [4.69, 9.17) is 18.0 Å². The summed E-state index contributed by atoms with van der Waals surface area (Å²) in [6.07, 6.45) is 1.60. The molecule has 1 amide bonds. The topological polar surface area (TPSA) is 49.6 Å². The van der Waals surface area contributed by atoms with Gasteiger partial charge in [-0.3, -0.25) is 4.79 Å². The minimum Gasteiger partial charge on any atom is -0.392 e. The predicted octanol–water partition coefficient (Wildman–Crippen LogP) is 1.57. The smallest absolute Gasteiger partial charge is 0.236 e. The maximum absolute atomic E-state index is 13.0. The third-order valence-electron chi connectivity index (χ3n) is 4.66. The van der Waals surface area contributed by atoms with Gasteiger partial charge in [0.15, 0.2) is 0 Å². The summed E-state index contributed by atoms with van der Waals surface area (Å²) in [4.78, 5) is 17.6. The molecular weight excluding hydrogens is 282 g/mol. The number of nitrogens with zero attached hydrogens (tertiary/aromatic N) is 2. The van der Waals surface area contributed by atoms with Gasteiger partial charge in [0.2, 0.25) is 5.91 Å². The predicted molar refractivity (Wildman–Crippen MR) is 86.8 cm³/mol. The van der Waals surface area contributed by atoms with Gasteiger partial charge in [-0.25, -0.2) is 0 Å². The number of thiocarbonyl (C=S) groups is 1. The average molecular weight is 303 g/mol. The van der Waals surface area contributed by atoms with E-state index in [-0.39, 0.29) is 11.9 Å². The van der Waals surface area contributed by atoms with E-state index < -0.39 is 5.41 Å². The van der Waals surface area contributed by atoms with Crippen LogP contribution in [0, 0.1) is 5.41 Å². The normalized spacial score (nSPS) is 24.6. The highest BCUT2D eigenvalue weighted by molar-refractivity contribution is 7.80. The highest BCUT2D eigenvalue weighted by Gasteiger charge is 2.55. The van der Waals surface area contributed by atoms with E-state index in [2.05, 4.69) is 24.1 Å². The number of piperazine rings is 1. The highest BCUT2D eigenvalue weighted by atomic mass is 32.1. The Balaban J connectivity index is 1.88. The van der Waals surface area contributed by atoms with Crippen molar-refractivity contribution >= 4 is 23.1 Å². The van der Waals surface area contributed by atoms with Gasteiger partial charge in [-0.2, -0.15) is 0 Å². The summed E-state index contributed by atoms with van der Waals surface area (Å²) in [6, 6.07) is 10.3. The Morgan fingerprint density at radius 1 is 1.29 bits per heavy atom. The molecule has 1 aromatic carbocycles. The molecule has 1 saturated carbocycles. The molecule has 1 heterocycles. The monoisotopic (exact) mass is 303 g/mol. The van der Waals surface area contributed by atoms with Gasteiger partial charge in [-0.1, -0.05) is 42.5 Å². The molecule has 4 nitrogen and oxygen atoms in total. The largest absolute Gasteiger partial charge is 0.392 e.